The highest BCUT2D eigenvalue weighted by Gasteiger charge is 2.38. The summed E-state index contributed by atoms with van der Waals surface area (Å²) in [7, 11) is 2.17. The van der Waals surface area contributed by atoms with Crippen LogP contribution in [-0.4, -0.2) is 46.1 Å². The maximum Gasteiger partial charge on any atom is 0.159 e. The van der Waals surface area contributed by atoms with E-state index in [-0.39, 0.29) is 5.92 Å². The van der Waals surface area contributed by atoms with Crippen molar-refractivity contribution in [2.24, 2.45) is 5.92 Å². The van der Waals surface area contributed by atoms with Gasteiger partial charge in [-0.25, -0.2) is 8.78 Å². The van der Waals surface area contributed by atoms with Gasteiger partial charge in [0, 0.05) is 31.2 Å². The van der Waals surface area contributed by atoms with Crippen LogP contribution in [0.15, 0.2) is 24.4 Å². The van der Waals surface area contributed by atoms with Gasteiger partial charge in [-0.3, -0.25) is 4.68 Å². The van der Waals surface area contributed by atoms with Crippen LogP contribution in [0.25, 0.3) is 0 Å². The van der Waals surface area contributed by atoms with Crippen molar-refractivity contribution in [3.8, 4) is 0 Å². The van der Waals surface area contributed by atoms with E-state index < -0.39 is 11.6 Å². The molecule has 1 aromatic heterocycles. The number of hydrogen-bond donors (Lipinski definition) is 1. The van der Waals surface area contributed by atoms with Crippen LogP contribution in [0.3, 0.4) is 0 Å². The maximum absolute atomic E-state index is 13.3. The Morgan fingerprint density at radius 3 is 2.77 bits per heavy atom. The molecule has 5 nitrogen and oxygen atoms in total. The molecular formula is C19H25F2N5. The average molecular weight is 361 g/mol. The van der Waals surface area contributed by atoms with E-state index >= 15 is 0 Å². The molecule has 140 valence electrons. The van der Waals surface area contributed by atoms with Crippen LogP contribution >= 0.6 is 0 Å². The van der Waals surface area contributed by atoms with Gasteiger partial charge in [0.15, 0.2) is 11.6 Å². The van der Waals surface area contributed by atoms with E-state index in [2.05, 4.69) is 27.6 Å². The third-order valence-electron chi connectivity index (χ3n) is 5.58. The van der Waals surface area contributed by atoms with Crippen LogP contribution < -0.4 is 5.32 Å². The van der Waals surface area contributed by atoms with Gasteiger partial charge in [0.1, 0.15) is 0 Å². The number of rotatable bonds is 6. The van der Waals surface area contributed by atoms with E-state index in [0.29, 0.717) is 18.5 Å². The summed E-state index contributed by atoms with van der Waals surface area (Å²) < 4.78 is 28.3. The molecule has 2 aliphatic rings. The minimum Gasteiger partial charge on any atom is -0.308 e. The molecule has 0 bridgehead atoms. The number of hydrogen-bond acceptors (Lipinski definition) is 4. The largest absolute Gasteiger partial charge is 0.308 e. The van der Waals surface area contributed by atoms with Crippen molar-refractivity contribution in [1.29, 1.82) is 0 Å². The van der Waals surface area contributed by atoms with Crippen LogP contribution in [0, 0.1) is 17.6 Å². The van der Waals surface area contributed by atoms with E-state index in [4.69, 9.17) is 0 Å². The van der Waals surface area contributed by atoms with Crippen LogP contribution in [0.1, 0.15) is 36.4 Å². The lowest BCUT2D eigenvalue weighted by atomic mass is 9.97. The Labute approximate surface area is 152 Å². The first-order valence-corrected chi connectivity index (χ1v) is 9.34. The topological polar surface area (TPSA) is 46.0 Å². The Kier molecular flexibility index (Phi) is 5.00. The molecule has 7 heteroatoms. The predicted molar refractivity (Wildman–Crippen MR) is 94.6 cm³/mol. The number of nitrogens with one attached hydrogen (secondary N) is 1. The number of nitrogens with zero attached hydrogens (tertiary/aromatic N) is 4. The van der Waals surface area contributed by atoms with E-state index in [1.54, 1.807) is 6.07 Å². The molecule has 1 aromatic carbocycles. The van der Waals surface area contributed by atoms with E-state index in [0.717, 1.165) is 37.3 Å². The molecule has 1 N–H and O–H groups in total. The summed E-state index contributed by atoms with van der Waals surface area (Å²) in [5.74, 6) is -0.639. The van der Waals surface area contributed by atoms with Crippen molar-refractivity contribution >= 4 is 0 Å². The fraction of sp³-hybridized carbons (Fsp3) is 0.579. The molecule has 0 unspecified atom stereocenters. The second-order valence-corrected chi connectivity index (χ2v) is 7.68. The lowest BCUT2D eigenvalue weighted by molar-refractivity contribution is 0.200. The Hall–Kier alpha value is -1.86. The second kappa shape index (κ2) is 7.40. The fourth-order valence-corrected chi connectivity index (χ4v) is 3.79. The Morgan fingerprint density at radius 1 is 1.19 bits per heavy atom. The normalized spacial score (nSPS) is 24.1. The molecule has 0 radical (unpaired) electrons. The molecule has 4 rings (SSSR count). The first-order chi connectivity index (χ1) is 12.6. The second-order valence-electron chi connectivity index (χ2n) is 7.68. The van der Waals surface area contributed by atoms with Gasteiger partial charge in [0.2, 0.25) is 0 Å². The zero-order valence-corrected chi connectivity index (χ0v) is 15.0. The molecular weight excluding hydrogens is 336 g/mol. The number of halogens is 2. The quantitative estimate of drug-likeness (QED) is 0.859. The molecule has 2 fully saturated rings. The molecule has 2 heterocycles. The third-order valence-corrected chi connectivity index (χ3v) is 5.58. The minimum absolute atomic E-state index is 0.249. The van der Waals surface area contributed by atoms with Gasteiger partial charge in [0.25, 0.3) is 0 Å². The summed E-state index contributed by atoms with van der Waals surface area (Å²) >= 11 is 0. The lowest BCUT2D eigenvalue weighted by Gasteiger charge is -2.28. The summed E-state index contributed by atoms with van der Waals surface area (Å²) in [6, 6.07) is 4.47. The highest BCUT2D eigenvalue weighted by molar-refractivity contribution is 5.29. The van der Waals surface area contributed by atoms with Crippen LogP contribution in [-0.2, 0) is 13.1 Å². The molecule has 26 heavy (non-hydrogen) atoms. The average Bonchev–Trinajstić information content (AvgIpc) is 3.28. The molecule has 2 aromatic rings. The number of piperidine rings is 1. The van der Waals surface area contributed by atoms with E-state index in [9.17, 15) is 8.78 Å². The van der Waals surface area contributed by atoms with Crippen molar-refractivity contribution in [3.05, 3.63) is 47.3 Å². The van der Waals surface area contributed by atoms with Crippen molar-refractivity contribution in [1.82, 2.24) is 25.2 Å². The van der Waals surface area contributed by atoms with Gasteiger partial charge >= 0.3 is 0 Å². The SMILES string of the molecule is CN1CCC(Cn2cc(CN[C@@H]3C[C@H]3c3ccc(F)c(F)c3)nn2)CC1. The van der Waals surface area contributed by atoms with Gasteiger partial charge in [-0.15, -0.1) is 5.10 Å². The summed E-state index contributed by atoms with van der Waals surface area (Å²) in [6.45, 7) is 3.89. The van der Waals surface area contributed by atoms with Gasteiger partial charge in [-0.05, 0) is 63.0 Å². The monoisotopic (exact) mass is 361 g/mol. The van der Waals surface area contributed by atoms with Gasteiger partial charge in [0.05, 0.1) is 5.69 Å². The molecule has 0 spiro atoms. The number of likely N-dealkylation sites (tertiary alicyclic amines) is 1. The van der Waals surface area contributed by atoms with Crippen molar-refractivity contribution < 1.29 is 8.78 Å². The van der Waals surface area contributed by atoms with Crippen molar-refractivity contribution in [2.45, 2.75) is 44.3 Å². The van der Waals surface area contributed by atoms with Crippen LogP contribution in [0.2, 0.25) is 0 Å². The van der Waals surface area contributed by atoms with E-state index in [1.807, 2.05) is 10.9 Å². The fourth-order valence-electron chi connectivity index (χ4n) is 3.79. The first kappa shape index (κ1) is 17.5. The number of benzene rings is 1. The summed E-state index contributed by atoms with van der Waals surface area (Å²) in [4.78, 5) is 2.37. The zero-order valence-electron chi connectivity index (χ0n) is 15.0. The van der Waals surface area contributed by atoms with Crippen molar-refractivity contribution in [3.63, 3.8) is 0 Å². The minimum atomic E-state index is -0.792. The zero-order chi connectivity index (χ0) is 18.1. The molecule has 1 saturated heterocycles. The maximum atomic E-state index is 13.3. The Balaban J connectivity index is 1.24. The summed E-state index contributed by atoms with van der Waals surface area (Å²) in [5.41, 5.74) is 1.78. The van der Waals surface area contributed by atoms with Gasteiger partial charge in [-0.2, -0.15) is 0 Å². The molecule has 1 aliphatic carbocycles. The van der Waals surface area contributed by atoms with Crippen molar-refractivity contribution in [2.75, 3.05) is 20.1 Å². The number of aromatic nitrogens is 3. The Bertz CT molecular complexity index is 754. The standard InChI is InChI=1S/C19H25F2N5/c1-25-6-4-13(5-7-25)11-26-12-15(23-24-26)10-22-19-9-16(19)14-2-3-17(20)18(21)8-14/h2-3,8,12-13,16,19,22H,4-7,9-11H2,1H3/t16-,19+/m0/s1. The first-order valence-electron chi connectivity index (χ1n) is 9.34. The molecule has 1 saturated carbocycles. The predicted octanol–water partition coefficient (Wildman–Crippen LogP) is 2.54. The molecule has 1 aliphatic heterocycles. The van der Waals surface area contributed by atoms with E-state index in [1.165, 1.54) is 25.0 Å². The van der Waals surface area contributed by atoms with Crippen LogP contribution in [0.4, 0.5) is 8.78 Å². The lowest BCUT2D eigenvalue weighted by Crippen LogP contribution is -2.32. The summed E-state index contributed by atoms with van der Waals surface area (Å²) in [6.07, 6.45) is 5.37. The van der Waals surface area contributed by atoms with Crippen LogP contribution in [0.5, 0.6) is 0 Å². The third kappa shape index (κ3) is 4.10. The molecule has 0 amide bonds. The molecule has 2 atom stereocenters. The Morgan fingerprint density at radius 2 is 2.00 bits per heavy atom. The highest BCUT2D eigenvalue weighted by Crippen LogP contribution is 2.41. The van der Waals surface area contributed by atoms with Gasteiger partial charge in [-0.1, -0.05) is 11.3 Å². The summed E-state index contributed by atoms with van der Waals surface area (Å²) in [5, 5.41) is 11.9. The highest BCUT2D eigenvalue weighted by atomic mass is 19.2. The van der Waals surface area contributed by atoms with Gasteiger partial charge < -0.3 is 10.2 Å². The smallest absolute Gasteiger partial charge is 0.159 e.